The minimum Gasteiger partial charge on any atom is -0.390 e. The van der Waals surface area contributed by atoms with Gasteiger partial charge in [0, 0.05) is 17.8 Å². The summed E-state index contributed by atoms with van der Waals surface area (Å²) in [5.41, 5.74) is 3.12. The van der Waals surface area contributed by atoms with E-state index in [9.17, 15) is 23.4 Å². The molecule has 10 nitrogen and oxygen atoms in total. The van der Waals surface area contributed by atoms with E-state index >= 15 is 0 Å². The van der Waals surface area contributed by atoms with Gasteiger partial charge in [0.15, 0.2) is 0 Å². The Hall–Kier alpha value is -2.57. The molecule has 1 amide bonds. The predicted octanol–water partition coefficient (Wildman–Crippen LogP) is 0.877. The fraction of sp³-hybridized carbons (Fsp3) is 0.455. The van der Waals surface area contributed by atoms with Crippen molar-refractivity contribution in [3.8, 4) is 0 Å². The smallest absolute Gasteiger partial charge is 0.333 e. The molecule has 0 unspecified atom stereocenters. The molecule has 33 heavy (non-hydrogen) atoms. The third-order valence-electron chi connectivity index (χ3n) is 6.03. The maximum Gasteiger partial charge on any atom is 0.333 e. The molecular formula is C22H30N4O6S. The summed E-state index contributed by atoms with van der Waals surface area (Å²) >= 11 is 0. The van der Waals surface area contributed by atoms with Crippen molar-refractivity contribution in [2.45, 2.75) is 51.0 Å². The minimum atomic E-state index is -4.14. The van der Waals surface area contributed by atoms with Crippen LogP contribution < -0.4 is 15.8 Å². The third kappa shape index (κ3) is 5.87. The highest BCUT2D eigenvalue weighted by Gasteiger charge is 2.42. The molecule has 6 N–H and O–H groups in total. The summed E-state index contributed by atoms with van der Waals surface area (Å²) < 4.78 is 26.5. The standard InChI is InChI=1S/C21H26N4O6S.CH4/c22-32(29,30)31-11-13-9-17(20(27)19(13)26)24-14-7-8-23-18(10-14)21(28)25-16-6-5-12-3-1-2-4-15(12)16;/h1-4,7-8,10,13,16-17,19-20,26-27H,5-6,9,11H2,(H,23,24)(H,25,28)(H2,22,29,30);1H4/t13-,16+,17-,19-,20+;/m1./s1. The second kappa shape index (κ2) is 10.1. The number of rotatable bonds is 7. The monoisotopic (exact) mass is 478 g/mol. The van der Waals surface area contributed by atoms with Gasteiger partial charge in [0.1, 0.15) is 11.8 Å². The van der Waals surface area contributed by atoms with Crippen molar-refractivity contribution in [2.75, 3.05) is 11.9 Å². The topological polar surface area (TPSA) is 164 Å². The number of pyridine rings is 1. The zero-order valence-corrected chi connectivity index (χ0v) is 18.0. The normalized spacial score (nSPS) is 26.3. The number of aliphatic hydroxyl groups is 2. The van der Waals surface area contributed by atoms with Crippen LogP contribution in [-0.4, -0.2) is 54.4 Å². The predicted molar refractivity (Wildman–Crippen MR) is 123 cm³/mol. The van der Waals surface area contributed by atoms with E-state index in [4.69, 9.17) is 5.14 Å². The summed E-state index contributed by atoms with van der Waals surface area (Å²) in [5.74, 6) is -0.922. The lowest BCUT2D eigenvalue weighted by Crippen LogP contribution is -2.36. The van der Waals surface area contributed by atoms with Crippen LogP contribution in [0.5, 0.6) is 0 Å². The first-order valence-corrected chi connectivity index (χ1v) is 11.8. The lowest BCUT2D eigenvalue weighted by molar-refractivity contribution is 0.00781. The average Bonchev–Trinajstić information content (AvgIpc) is 3.28. The van der Waals surface area contributed by atoms with Gasteiger partial charge in [-0.3, -0.25) is 14.0 Å². The molecule has 1 aromatic heterocycles. The molecule has 180 valence electrons. The minimum absolute atomic E-state index is 0. The van der Waals surface area contributed by atoms with Crippen LogP contribution in [-0.2, 0) is 20.9 Å². The molecule has 2 aliphatic carbocycles. The molecule has 0 radical (unpaired) electrons. The Labute approximate surface area is 193 Å². The second-order valence-corrected chi connectivity index (χ2v) is 9.42. The van der Waals surface area contributed by atoms with Crippen molar-refractivity contribution < 1.29 is 27.6 Å². The summed E-state index contributed by atoms with van der Waals surface area (Å²) in [6, 6.07) is 10.6. The van der Waals surface area contributed by atoms with E-state index in [1.807, 2.05) is 18.2 Å². The van der Waals surface area contributed by atoms with E-state index in [1.165, 1.54) is 11.8 Å². The Morgan fingerprint density at radius 1 is 1.21 bits per heavy atom. The Balaban J connectivity index is 0.00000306. The summed E-state index contributed by atoms with van der Waals surface area (Å²) in [6.45, 7) is -0.331. The summed E-state index contributed by atoms with van der Waals surface area (Å²) in [6.07, 6.45) is 1.15. The molecule has 0 spiro atoms. The quantitative estimate of drug-likeness (QED) is 0.391. The molecule has 0 aliphatic heterocycles. The molecule has 11 heteroatoms. The highest BCUT2D eigenvalue weighted by Crippen LogP contribution is 2.32. The Morgan fingerprint density at radius 3 is 2.73 bits per heavy atom. The molecule has 2 aromatic rings. The van der Waals surface area contributed by atoms with Crippen molar-refractivity contribution in [2.24, 2.45) is 11.1 Å². The summed E-state index contributed by atoms with van der Waals surface area (Å²) in [5, 5.41) is 31.5. The van der Waals surface area contributed by atoms with Gasteiger partial charge in [0.25, 0.3) is 5.91 Å². The lowest BCUT2D eigenvalue weighted by atomic mass is 10.1. The Morgan fingerprint density at radius 2 is 1.97 bits per heavy atom. The van der Waals surface area contributed by atoms with Gasteiger partial charge in [-0.05, 0) is 42.5 Å². The highest BCUT2D eigenvalue weighted by atomic mass is 32.2. The van der Waals surface area contributed by atoms with E-state index in [-0.39, 0.29) is 38.1 Å². The maximum absolute atomic E-state index is 12.8. The highest BCUT2D eigenvalue weighted by molar-refractivity contribution is 7.84. The van der Waals surface area contributed by atoms with E-state index in [1.54, 1.807) is 12.1 Å². The number of aliphatic hydroxyl groups excluding tert-OH is 2. The Kier molecular flexibility index (Phi) is 7.70. The molecule has 1 saturated carbocycles. The van der Waals surface area contributed by atoms with E-state index < -0.39 is 34.5 Å². The number of aryl methyl sites for hydroxylation is 1. The number of anilines is 1. The zero-order chi connectivity index (χ0) is 22.9. The van der Waals surface area contributed by atoms with Crippen LogP contribution in [0, 0.1) is 5.92 Å². The largest absolute Gasteiger partial charge is 0.390 e. The number of benzene rings is 1. The van der Waals surface area contributed by atoms with Gasteiger partial charge in [0.2, 0.25) is 0 Å². The lowest BCUT2D eigenvalue weighted by Gasteiger charge is -2.19. The molecule has 0 bridgehead atoms. The molecule has 1 aromatic carbocycles. The number of hydrogen-bond donors (Lipinski definition) is 5. The SMILES string of the molecule is C.NS(=O)(=O)OC[C@H]1C[C@@H](Nc2ccnc(C(=O)N[C@H]3CCc4ccccc43)c2)[C@H](O)[C@@H]1O. The van der Waals surface area contributed by atoms with Crippen LogP contribution in [0.1, 0.15) is 47.9 Å². The number of nitrogens with zero attached hydrogens (tertiary/aromatic N) is 1. The third-order valence-corrected chi connectivity index (χ3v) is 6.50. The van der Waals surface area contributed by atoms with Crippen molar-refractivity contribution in [3.63, 3.8) is 0 Å². The van der Waals surface area contributed by atoms with E-state index in [0.29, 0.717) is 5.69 Å². The summed E-state index contributed by atoms with van der Waals surface area (Å²) in [4.78, 5) is 16.9. The van der Waals surface area contributed by atoms with Crippen LogP contribution in [0.3, 0.4) is 0 Å². The molecule has 4 rings (SSSR count). The van der Waals surface area contributed by atoms with Gasteiger partial charge in [-0.15, -0.1) is 0 Å². The molecule has 1 heterocycles. The summed E-state index contributed by atoms with van der Waals surface area (Å²) in [7, 11) is -4.14. The zero-order valence-electron chi connectivity index (χ0n) is 17.2. The molecule has 0 saturated heterocycles. The van der Waals surface area contributed by atoms with Gasteiger partial charge >= 0.3 is 10.3 Å². The number of nitrogens with one attached hydrogen (secondary N) is 2. The molecule has 5 atom stereocenters. The fourth-order valence-corrected chi connectivity index (χ4v) is 4.78. The second-order valence-electron chi connectivity index (χ2n) is 8.20. The van der Waals surface area contributed by atoms with Crippen molar-refractivity contribution >= 4 is 21.9 Å². The Bertz CT molecular complexity index is 1100. The van der Waals surface area contributed by atoms with Gasteiger partial charge in [-0.1, -0.05) is 31.7 Å². The van der Waals surface area contributed by atoms with Gasteiger partial charge < -0.3 is 20.8 Å². The molecular weight excluding hydrogens is 448 g/mol. The van der Waals surface area contributed by atoms with Crippen LogP contribution in [0.25, 0.3) is 0 Å². The van der Waals surface area contributed by atoms with Crippen molar-refractivity contribution in [1.29, 1.82) is 0 Å². The van der Waals surface area contributed by atoms with Gasteiger partial charge in [-0.2, -0.15) is 8.42 Å². The number of amides is 1. The first kappa shape index (κ1) is 25.1. The first-order valence-electron chi connectivity index (χ1n) is 10.4. The van der Waals surface area contributed by atoms with Crippen LogP contribution in [0.15, 0.2) is 42.6 Å². The number of fused-ring (bicyclic) bond motifs is 1. The van der Waals surface area contributed by atoms with E-state index in [0.717, 1.165) is 18.4 Å². The first-order chi connectivity index (χ1) is 15.2. The van der Waals surface area contributed by atoms with Gasteiger partial charge in [0.05, 0.1) is 24.8 Å². The maximum atomic E-state index is 12.8. The van der Waals surface area contributed by atoms with Crippen LogP contribution in [0.4, 0.5) is 5.69 Å². The van der Waals surface area contributed by atoms with Crippen molar-refractivity contribution in [1.82, 2.24) is 10.3 Å². The number of aromatic nitrogens is 1. The van der Waals surface area contributed by atoms with Gasteiger partial charge in [-0.25, -0.2) is 5.14 Å². The van der Waals surface area contributed by atoms with Crippen LogP contribution in [0.2, 0.25) is 0 Å². The van der Waals surface area contributed by atoms with Crippen LogP contribution >= 0.6 is 0 Å². The van der Waals surface area contributed by atoms with E-state index in [2.05, 4.69) is 25.9 Å². The molecule has 2 aliphatic rings. The number of nitrogens with two attached hydrogens (primary N) is 1. The number of hydrogen-bond acceptors (Lipinski definition) is 8. The number of carbonyl (C=O) groups excluding carboxylic acids is 1. The number of carbonyl (C=O) groups is 1. The van der Waals surface area contributed by atoms with Crippen molar-refractivity contribution in [3.05, 3.63) is 59.4 Å². The molecule has 1 fully saturated rings. The fourth-order valence-electron chi connectivity index (χ4n) is 4.41. The average molecular weight is 479 g/mol.